The van der Waals surface area contributed by atoms with Crippen molar-refractivity contribution < 1.29 is 19.4 Å². The summed E-state index contributed by atoms with van der Waals surface area (Å²) in [7, 11) is 0. The number of benzene rings is 4. The maximum absolute atomic E-state index is 11.0. The predicted molar refractivity (Wildman–Crippen MR) is 147 cm³/mol. The summed E-state index contributed by atoms with van der Waals surface area (Å²) in [6.07, 6.45) is 0.832. The third-order valence-corrected chi connectivity index (χ3v) is 6.88. The predicted octanol–water partition coefficient (Wildman–Crippen LogP) is 6.25. The zero-order chi connectivity index (χ0) is 25.8. The number of nitrogens with one attached hydrogen (secondary N) is 1. The van der Waals surface area contributed by atoms with Gasteiger partial charge in [0, 0.05) is 17.8 Å². The number of rotatable bonds is 9. The van der Waals surface area contributed by atoms with Crippen LogP contribution in [0.5, 0.6) is 11.5 Å². The normalized spacial score (nSPS) is 15.6. The highest BCUT2D eigenvalue weighted by Gasteiger charge is 2.27. The lowest BCUT2D eigenvalue weighted by molar-refractivity contribution is -0.139. The van der Waals surface area contributed by atoms with Crippen molar-refractivity contribution in [1.82, 2.24) is 5.32 Å². The smallest absolute Gasteiger partial charge is 0.341 e. The first kappa shape index (κ1) is 24.7. The average molecular weight is 497 g/mol. The molecular formula is C31H32N2O4. The molecule has 6 nitrogen and oxygen atoms in total. The Bertz CT molecular complexity index is 1400. The Morgan fingerprint density at radius 3 is 2.70 bits per heavy atom. The van der Waals surface area contributed by atoms with E-state index < -0.39 is 5.97 Å². The summed E-state index contributed by atoms with van der Waals surface area (Å²) >= 11 is 0. The molecule has 0 aromatic heterocycles. The van der Waals surface area contributed by atoms with Gasteiger partial charge in [-0.05, 0) is 66.9 Å². The molecule has 0 saturated carbocycles. The number of nitrogens with zero attached hydrogens (tertiary/aromatic N) is 1. The number of carboxylic acid groups (broad SMARTS) is 1. The van der Waals surface area contributed by atoms with E-state index in [2.05, 4.69) is 72.6 Å². The first-order valence-electron chi connectivity index (χ1n) is 12.7. The molecule has 2 N–H and O–H groups in total. The van der Waals surface area contributed by atoms with Crippen LogP contribution in [0.1, 0.15) is 30.5 Å². The van der Waals surface area contributed by atoms with Gasteiger partial charge in [-0.15, -0.1) is 0 Å². The molecule has 0 radical (unpaired) electrons. The number of aliphatic carboxylic acids is 1. The van der Waals surface area contributed by atoms with Crippen molar-refractivity contribution in [2.75, 3.05) is 24.6 Å². The lowest BCUT2D eigenvalue weighted by Crippen LogP contribution is -2.39. The highest BCUT2D eigenvalue weighted by atomic mass is 16.5. The Morgan fingerprint density at radius 2 is 1.84 bits per heavy atom. The van der Waals surface area contributed by atoms with Gasteiger partial charge >= 0.3 is 5.97 Å². The topological polar surface area (TPSA) is 71.0 Å². The fourth-order valence-electron chi connectivity index (χ4n) is 4.99. The molecule has 2 atom stereocenters. The van der Waals surface area contributed by atoms with E-state index >= 15 is 0 Å². The van der Waals surface area contributed by atoms with Gasteiger partial charge in [-0.2, -0.15) is 0 Å². The zero-order valence-electron chi connectivity index (χ0n) is 21.2. The van der Waals surface area contributed by atoms with Crippen LogP contribution >= 0.6 is 0 Å². The van der Waals surface area contributed by atoms with Crippen molar-refractivity contribution in [3.05, 3.63) is 96.1 Å². The number of para-hydroxylation sites is 2. The Kier molecular flexibility index (Phi) is 7.28. The summed E-state index contributed by atoms with van der Waals surface area (Å²) in [5.74, 6) is 0.385. The molecule has 190 valence electrons. The number of hydrogen-bond donors (Lipinski definition) is 2. The number of hydrogen-bond acceptors (Lipinski definition) is 5. The number of carboxylic acids is 1. The molecule has 0 aliphatic carbocycles. The standard InChI is InChI=1S/C31H32N2O4/c1-21-14-15-24(36-20-31(34)35)18-29(21)33-19-25(37-30-13-6-5-12-28(30)33)16-17-32-22(2)26-11-7-9-23-8-3-4-10-27(23)26/h3-15,18,22,25,32H,16-17,19-20H2,1-2H3,(H,34,35)/t22-,25?/m1/s1. The van der Waals surface area contributed by atoms with Crippen LogP contribution in [-0.4, -0.2) is 36.9 Å². The Balaban J connectivity index is 1.31. The Labute approximate surface area is 217 Å². The molecule has 0 amide bonds. The van der Waals surface area contributed by atoms with Crippen molar-refractivity contribution in [1.29, 1.82) is 0 Å². The number of anilines is 2. The highest BCUT2D eigenvalue weighted by Crippen LogP contribution is 2.40. The quantitative estimate of drug-likeness (QED) is 0.285. The molecule has 1 heterocycles. The van der Waals surface area contributed by atoms with E-state index in [1.54, 1.807) is 0 Å². The maximum Gasteiger partial charge on any atom is 0.341 e. The second kappa shape index (κ2) is 10.9. The third-order valence-electron chi connectivity index (χ3n) is 6.88. The summed E-state index contributed by atoms with van der Waals surface area (Å²) in [6.45, 7) is 5.38. The van der Waals surface area contributed by atoms with Gasteiger partial charge < -0.3 is 24.8 Å². The van der Waals surface area contributed by atoms with E-state index in [1.807, 2.05) is 36.4 Å². The van der Waals surface area contributed by atoms with Gasteiger partial charge in [0.05, 0.1) is 12.2 Å². The minimum absolute atomic E-state index is 0.00916. The summed E-state index contributed by atoms with van der Waals surface area (Å²) in [6, 6.07) is 28.9. The molecule has 6 heteroatoms. The van der Waals surface area contributed by atoms with E-state index in [4.69, 9.17) is 14.6 Å². The van der Waals surface area contributed by atoms with Crippen LogP contribution in [-0.2, 0) is 4.79 Å². The minimum atomic E-state index is -0.996. The number of fused-ring (bicyclic) bond motifs is 2. The molecule has 0 bridgehead atoms. The van der Waals surface area contributed by atoms with Crippen molar-refractivity contribution in [2.24, 2.45) is 0 Å². The molecule has 4 aromatic carbocycles. The minimum Gasteiger partial charge on any atom is -0.486 e. The lowest BCUT2D eigenvalue weighted by atomic mass is 9.99. The molecule has 4 aromatic rings. The maximum atomic E-state index is 11.0. The van der Waals surface area contributed by atoms with Gasteiger partial charge in [0.15, 0.2) is 6.61 Å². The summed E-state index contributed by atoms with van der Waals surface area (Å²) in [4.78, 5) is 13.2. The molecule has 1 aliphatic rings. The van der Waals surface area contributed by atoms with E-state index in [-0.39, 0.29) is 18.8 Å². The number of aryl methyl sites for hydroxylation is 1. The van der Waals surface area contributed by atoms with E-state index in [0.717, 1.165) is 35.7 Å². The number of ether oxygens (including phenoxy) is 2. The van der Waals surface area contributed by atoms with Gasteiger partial charge in [0.2, 0.25) is 0 Å². The van der Waals surface area contributed by atoms with Crippen LogP contribution in [0.3, 0.4) is 0 Å². The van der Waals surface area contributed by atoms with Crippen LogP contribution in [0.4, 0.5) is 11.4 Å². The molecule has 1 aliphatic heterocycles. The van der Waals surface area contributed by atoms with Gasteiger partial charge in [-0.1, -0.05) is 60.7 Å². The largest absolute Gasteiger partial charge is 0.486 e. The molecule has 0 fully saturated rings. The summed E-state index contributed by atoms with van der Waals surface area (Å²) < 4.78 is 11.9. The monoisotopic (exact) mass is 496 g/mol. The van der Waals surface area contributed by atoms with Crippen LogP contribution in [0.15, 0.2) is 84.9 Å². The third kappa shape index (κ3) is 5.54. The molecule has 5 rings (SSSR count). The molecule has 37 heavy (non-hydrogen) atoms. The van der Waals surface area contributed by atoms with Crippen molar-refractivity contribution >= 4 is 28.1 Å². The number of carbonyl (C=O) groups is 1. The average Bonchev–Trinajstić information content (AvgIpc) is 2.91. The molecule has 1 unspecified atom stereocenters. The highest BCUT2D eigenvalue weighted by molar-refractivity contribution is 5.86. The van der Waals surface area contributed by atoms with Crippen LogP contribution in [0.2, 0.25) is 0 Å². The molecule has 0 saturated heterocycles. The van der Waals surface area contributed by atoms with Crippen LogP contribution < -0.4 is 19.7 Å². The first-order valence-corrected chi connectivity index (χ1v) is 12.7. The fraction of sp³-hybridized carbons (Fsp3) is 0.258. The zero-order valence-corrected chi connectivity index (χ0v) is 21.2. The summed E-state index contributed by atoms with van der Waals surface area (Å²) in [5.41, 5.74) is 4.36. The van der Waals surface area contributed by atoms with Gasteiger partial charge in [0.1, 0.15) is 17.6 Å². The molecular weight excluding hydrogens is 464 g/mol. The second-order valence-electron chi connectivity index (χ2n) is 9.48. The first-order chi connectivity index (χ1) is 18.0. The van der Waals surface area contributed by atoms with Crippen molar-refractivity contribution in [2.45, 2.75) is 32.4 Å². The molecule has 0 spiro atoms. The Hall–Kier alpha value is -4.03. The summed E-state index contributed by atoms with van der Waals surface area (Å²) in [5, 5.41) is 15.2. The SMILES string of the molecule is Cc1ccc(OCC(=O)O)cc1N1CC(CCN[C@H](C)c2cccc3ccccc23)Oc2ccccc21. The van der Waals surface area contributed by atoms with Crippen LogP contribution in [0, 0.1) is 6.92 Å². The lowest BCUT2D eigenvalue weighted by Gasteiger charge is -2.37. The van der Waals surface area contributed by atoms with E-state index in [9.17, 15) is 4.79 Å². The van der Waals surface area contributed by atoms with Crippen molar-refractivity contribution in [3.8, 4) is 11.5 Å². The van der Waals surface area contributed by atoms with Crippen LogP contribution in [0.25, 0.3) is 10.8 Å². The van der Waals surface area contributed by atoms with Gasteiger partial charge in [-0.25, -0.2) is 4.79 Å². The fourth-order valence-corrected chi connectivity index (χ4v) is 4.99. The second-order valence-corrected chi connectivity index (χ2v) is 9.48. The van der Waals surface area contributed by atoms with E-state index in [1.165, 1.54) is 16.3 Å². The van der Waals surface area contributed by atoms with Crippen molar-refractivity contribution in [3.63, 3.8) is 0 Å². The Morgan fingerprint density at radius 1 is 1.05 bits per heavy atom. The van der Waals surface area contributed by atoms with Gasteiger partial charge in [0.25, 0.3) is 0 Å². The van der Waals surface area contributed by atoms with Gasteiger partial charge in [-0.3, -0.25) is 0 Å². The van der Waals surface area contributed by atoms with E-state index in [0.29, 0.717) is 12.3 Å².